The number of nitrogens with one attached hydrogen (secondary N) is 2. The van der Waals surface area contributed by atoms with E-state index in [-0.39, 0.29) is 12.3 Å². The average molecular weight is 251 g/mol. The van der Waals surface area contributed by atoms with Crippen molar-refractivity contribution in [3.63, 3.8) is 0 Å². The molecule has 98 valence electrons. The van der Waals surface area contributed by atoms with Crippen LogP contribution in [0.2, 0.25) is 0 Å². The van der Waals surface area contributed by atoms with Crippen LogP contribution in [0, 0.1) is 0 Å². The molecule has 1 aromatic rings. The zero-order valence-corrected chi connectivity index (χ0v) is 10.2. The van der Waals surface area contributed by atoms with Gasteiger partial charge in [0.1, 0.15) is 0 Å². The van der Waals surface area contributed by atoms with E-state index in [2.05, 4.69) is 9.97 Å². The zero-order chi connectivity index (χ0) is 13.0. The number of aromatic amines is 2. The molecule has 0 aromatic carbocycles. The van der Waals surface area contributed by atoms with Crippen LogP contribution in [-0.4, -0.2) is 33.9 Å². The molecule has 1 saturated heterocycles. The van der Waals surface area contributed by atoms with E-state index in [1.165, 1.54) is 6.07 Å². The maximum Gasteiger partial charge on any atom is 0.325 e. The fourth-order valence-corrected chi connectivity index (χ4v) is 2.21. The highest BCUT2D eigenvalue weighted by molar-refractivity contribution is 5.78. The number of likely N-dealkylation sites (tertiary alicyclic amines) is 1. The number of amides is 1. The largest absolute Gasteiger partial charge is 0.342 e. The van der Waals surface area contributed by atoms with Gasteiger partial charge in [-0.1, -0.05) is 12.8 Å². The molecule has 0 atom stereocenters. The second-order valence-electron chi connectivity index (χ2n) is 4.58. The molecule has 0 aliphatic carbocycles. The van der Waals surface area contributed by atoms with Gasteiger partial charge in [-0.25, -0.2) is 4.79 Å². The minimum atomic E-state index is -0.568. The lowest BCUT2D eigenvalue weighted by Gasteiger charge is -2.19. The van der Waals surface area contributed by atoms with E-state index in [1.807, 2.05) is 4.90 Å². The Labute approximate surface area is 104 Å². The molecular weight excluding hydrogens is 234 g/mol. The minimum Gasteiger partial charge on any atom is -0.342 e. The summed E-state index contributed by atoms with van der Waals surface area (Å²) in [6.45, 7) is 1.54. The lowest BCUT2D eigenvalue weighted by Crippen LogP contribution is -2.34. The maximum absolute atomic E-state index is 12.0. The molecule has 1 amide bonds. The molecule has 2 heterocycles. The van der Waals surface area contributed by atoms with Gasteiger partial charge >= 0.3 is 5.69 Å². The van der Waals surface area contributed by atoms with Gasteiger partial charge in [0.15, 0.2) is 0 Å². The molecule has 1 aliphatic rings. The van der Waals surface area contributed by atoms with Gasteiger partial charge in [-0.15, -0.1) is 0 Å². The summed E-state index contributed by atoms with van der Waals surface area (Å²) in [7, 11) is 0. The predicted octanol–water partition coefficient (Wildman–Crippen LogP) is 0.00830. The van der Waals surface area contributed by atoms with Crippen LogP contribution in [0.25, 0.3) is 0 Å². The highest BCUT2D eigenvalue weighted by atomic mass is 16.2. The van der Waals surface area contributed by atoms with Crippen LogP contribution in [0.1, 0.15) is 31.4 Å². The second-order valence-corrected chi connectivity index (χ2v) is 4.58. The standard InChI is InChI=1S/C12H17N3O3/c16-10-7-9(13-12(18)14-10)8-11(17)15-5-3-1-2-4-6-15/h7H,1-6,8H2,(H2,13,14,16,18). The van der Waals surface area contributed by atoms with Crippen LogP contribution in [0.3, 0.4) is 0 Å². The summed E-state index contributed by atoms with van der Waals surface area (Å²) < 4.78 is 0. The molecule has 1 fully saturated rings. The normalized spacial score (nSPS) is 16.3. The zero-order valence-electron chi connectivity index (χ0n) is 10.2. The number of aromatic nitrogens is 2. The second kappa shape index (κ2) is 5.66. The van der Waals surface area contributed by atoms with E-state index in [1.54, 1.807) is 0 Å². The fourth-order valence-electron chi connectivity index (χ4n) is 2.21. The van der Waals surface area contributed by atoms with Crippen LogP contribution < -0.4 is 11.2 Å². The van der Waals surface area contributed by atoms with Crippen LogP contribution in [0.15, 0.2) is 15.7 Å². The molecule has 0 saturated carbocycles. The van der Waals surface area contributed by atoms with Crippen molar-refractivity contribution in [3.8, 4) is 0 Å². The van der Waals surface area contributed by atoms with Crippen LogP contribution in [0.5, 0.6) is 0 Å². The minimum absolute atomic E-state index is 0.0295. The summed E-state index contributed by atoms with van der Waals surface area (Å²) in [5, 5.41) is 0. The van der Waals surface area contributed by atoms with Crippen LogP contribution in [0.4, 0.5) is 0 Å². The number of rotatable bonds is 2. The molecule has 6 nitrogen and oxygen atoms in total. The van der Waals surface area contributed by atoms with Gasteiger partial charge in [0.25, 0.3) is 5.56 Å². The van der Waals surface area contributed by atoms with E-state index >= 15 is 0 Å². The van der Waals surface area contributed by atoms with Crippen LogP contribution in [-0.2, 0) is 11.2 Å². The smallest absolute Gasteiger partial charge is 0.325 e. The van der Waals surface area contributed by atoms with E-state index in [4.69, 9.17) is 0 Å². The molecule has 2 N–H and O–H groups in total. The first kappa shape index (κ1) is 12.6. The predicted molar refractivity (Wildman–Crippen MR) is 66.4 cm³/mol. The summed E-state index contributed by atoms with van der Waals surface area (Å²) in [5.41, 5.74) is -0.670. The first-order valence-corrected chi connectivity index (χ1v) is 6.25. The molecule has 0 bridgehead atoms. The lowest BCUT2D eigenvalue weighted by molar-refractivity contribution is -0.130. The average Bonchev–Trinajstić information content (AvgIpc) is 2.55. The number of hydrogen-bond acceptors (Lipinski definition) is 3. The molecule has 2 rings (SSSR count). The van der Waals surface area contributed by atoms with Crippen LogP contribution >= 0.6 is 0 Å². The molecule has 1 aromatic heterocycles. The quantitative estimate of drug-likeness (QED) is 0.776. The number of hydrogen-bond donors (Lipinski definition) is 2. The van der Waals surface area contributed by atoms with Gasteiger partial charge in [-0.05, 0) is 12.8 Å². The first-order valence-electron chi connectivity index (χ1n) is 6.25. The van der Waals surface area contributed by atoms with Crippen molar-refractivity contribution in [2.45, 2.75) is 32.1 Å². The maximum atomic E-state index is 12.0. The molecule has 6 heteroatoms. The number of carbonyl (C=O) groups is 1. The Kier molecular flexibility index (Phi) is 3.96. The summed E-state index contributed by atoms with van der Waals surface area (Å²) in [4.78, 5) is 40.6. The van der Waals surface area contributed by atoms with Crippen molar-refractivity contribution in [1.82, 2.24) is 14.9 Å². The molecule has 1 aliphatic heterocycles. The molecule has 0 unspecified atom stereocenters. The Morgan fingerprint density at radius 2 is 1.78 bits per heavy atom. The Morgan fingerprint density at radius 3 is 2.39 bits per heavy atom. The molecule has 0 spiro atoms. The van der Waals surface area contributed by atoms with Gasteiger partial charge in [0.05, 0.1) is 6.42 Å². The third kappa shape index (κ3) is 3.32. The summed E-state index contributed by atoms with van der Waals surface area (Å²) in [5.74, 6) is -0.0295. The van der Waals surface area contributed by atoms with Crippen molar-refractivity contribution in [2.24, 2.45) is 0 Å². The summed E-state index contributed by atoms with van der Waals surface area (Å²) in [6.07, 6.45) is 4.45. The fraction of sp³-hybridized carbons (Fsp3) is 0.583. The number of carbonyl (C=O) groups excluding carboxylic acids is 1. The Morgan fingerprint density at radius 1 is 1.11 bits per heavy atom. The van der Waals surface area contributed by atoms with Crippen molar-refractivity contribution < 1.29 is 4.79 Å². The third-order valence-corrected chi connectivity index (χ3v) is 3.12. The topological polar surface area (TPSA) is 86.0 Å². The van der Waals surface area contributed by atoms with Gasteiger partial charge in [0.2, 0.25) is 5.91 Å². The van der Waals surface area contributed by atoms with Gasteiger partial charge in [-0.3, -0.25) is 14.6 Å². The third-order valence-electron chi connectivity index (χ3n) is 3.12. The van der Waals surface area contributed by atoms with E-state index in [0.717, 1.165) is 38.8 Å². The molecule has 18 heavy (non-hydrogen) atoms. The Balaban J connectivity index is 2.05. The first-order chi connectivity index (χ1) is 8.65. The van der Waals surface area contributed by atoms with Gasteiger partial charge < -0.3 is 9.88 Å². The summed E-state index contributed by atoms with van der Waals surface area (Å²) >= 11 is 0. The monoisotopic (exact) mass is 251 g/mol. The number of nitrogens with zero attached hydrogens (tertiary/aromatic N) is 1. The summed E-state index contributed by atoms with van der Waals surface area (Å²) in [6, 6.07) is 1.26. The highest BCUT2D eigenvalue weighted by Gasteiger charge is 2.16. The van der Waals surface area contributed by atoms with Gasteiger partial charge in [0, 0.05) is 24.8 Å². The van der Waals surface area contributed by atoms with Crippen molar-refractivity contribution in [1.29, 1.82) is 0 Å². The molecule has 0 radical (unpaired) electrons. The van der Waals surface area contributed by atoms with Gasteiger partial charge in [-0.2, -0.15) is 0 Å². The van der Waals surface area contributed by atoms with Crippen molar-refractivity contribution in [3.05, 3.63) is 32.6 Å². The van der Waals surface area contributed by atoms with Crippen molar-refractivity contribution in [2.75, 3.05) is 13.1 Å². The molecular formula is C12H17N3O3. The van der Waals surface area contributed by atoms with E-state index < -0.39 is 11.2 Å². The van der Waals surface area contributed by atoms with Crippen molar-refractivity contribution >= 4 is 5.91 Å². The number of H-pyrrole nitrogens is 2. The van der Waals surface area contributed by atoms with E-state index in [9.17, 15) is 14.4 Å². The highest BCUT2D eigenvalue weighted by Crippen LogP contribution is 2.10. The van der Waals surface area contributed by atoms with E-state index in [0.29, 0.717) is 5.69 Å². The Bertz CT molecular complexity index is 496. The SMILES string of the molecule is O=C(Cc1cc(=O)[nH]c(=O)[nH]1)N1CCCCCC1. The Hall–Kier alpha value is -1.85. The lowest BCUT2D eigenvalue weighted by atomic mass is 10.2.